The van der Waals surface area contributed by atoms with E-state index in [0.717, 1.165) is 0 Å². The predicted molar refractivity (Wildman–Crippen MR) is 103 cm³/mol. The molecule has 0 fully saturated rings. The average molecular weight is 383 g/mol. The van der Waals surface area contributed by atoms with Gasteiger partial charge in [0.2, 0.25) is 6.54 Å². The molecule has 0 aliphatic rings. The van der Waals surface area contributed by atoms with E-state index in [1.54, 1.807) is 24.3 Å². The van der Waals surface area contributed by atoms with Crippen molar-refractivity contribution in [2.75, 3.05) is 0 Å². The highest BCUT2D eigenvalue weighted by Crippen LogP contribution is 2.28. The van der Waals surface area contributed by atoms with Gasteiger partial charge in [0.1, 0.15) is 0 Å². The minimum Gasteiger partial charge on any atom is -0.268 e. The second-order valence-corrected chi connectivity index (χ2v) is 6.62. The number of rotatable bonds is 3. The van der Waals surface area contributed by atoms with Crippen LogP contribution in [0.25, 0.3) is 16.6 Å². The zero-order valence-corrected chi connectivity index (χ0v) is 15.2. The summed E-state index contributed by atoms with van der Waals surface area (Å²) in [4.78, 5) is 18.0. The summed E-state index contributed by atoms with van der Waals surface area (Å²) in [5.74, 6) is 0.555. The first-order chi connectivity index (χ1) is 12.6. The number of benzene rings is 2. The van der Waals surface area contributed by atoms with Crippen molar-refractivity contribution in [3.05, 3.63) is 99.3 Å². The summed E-state index contributed by atoms with van der Waals surface area (Å²) in [7, 11) is 0. The van der Waals surface area contributed by atoms with E-state index in [9.17, 15) is 4.79 Å². The molecule has 6 heteroatoms. The number of hydrogen-bond acceptors (Lipinski definition) is 2. The molecule has 0 amide bonds. The Morgan fingerprint density at radius 1 is 0.885 bits per heavy atom. The van der Waals surface area contributed by atoms with E-state index in [1.165, 1.54) is 4.57 Å². The standard InChI is InChI=1S/C20H14Cl2N3O/c21-15-8-6-9-16(22)19(15)25-18(13-24-11-4-1-5-12-24)23-17-10-3-2-7-14(17)20(25)26/h1-12H,13H2/q+1. The van der Waals surface area contributed by atoms with Crippen LogP contribution in [0.2, 0.25) is 10.0 Å². The lowest BCUT2D eigenvalue weighted by molar-refractivity contribution is -0.689. The van der Waals surface area contributed by atoms with Crippen molar-refractivity contribution in [2.24, 2.45) is 0 Å². The van der Waals surface area contributed by atoms with Crippen LogP contribution in [0, 0.1) is 0 Å². The van der Waals surface area contributed by atoms with E-state index in [1.807, 2.05) is 53.4 Å². The van der Waals surface area contributed by atoms with E-state index in [0.29, 0.717) is 39.0 Å². The van der Waals surface area contributed by atoms with E-state index in [4.69, 9.17) is 28.2 Å². The van der Waals surface area contributed by atoms with Gasteiger partial charge in [-0.1, -0.05) is 47.5 Å². The van der Waals surface area contributed by atoms with Gasteiger partial charge in [-0.3, -0.25) is 9.36 Å². The Labute approximate surface area is 159 Å². The van der Waals surface area contributed by atoms with Crippen molar-refractivity contribution in [1.29, 1.82) is 0 Å². The number of pyridine rings is 1. The van der Waals surface area contributed by atoms with Gasteiger partial charge in [0, 0.05) is 12.1 Å². The van der Waals surface area contributed by atoms with Crippen LogP contribution in [0.1, 0.15) is 5.82 Å². The molecule has 0 N–H and O–H groups in total. The van der Waals surface area contributed by atoms with E-state index < -0.39 is 0 Å². The Morgan fingerprint density at radius 3 is 2.31 bits per heavy atom. The van der Waals surface area contributed by atoms with Crippen molar-refractivity contribution < 1.29 is 4.57 Å². The molecule has 0 atom stereocenters. The maximum atomic E-state index is 13.2. The molecule has 0 unspecified atom stereocenters. The summed E-state index contributed by atoms with van der Waals surface area (Å²) in [6.45, 7) is 0.405. The third-order valence-corrected chi connectivity index (χ3v) is 4.72. The van der Waals surface area contributed by atoms with Crippen LogP contribution in [0.4, 0.5) is 0 Å². The van der Waals surface area contributed by atoms with Crippen LogP contribution in [-0.4, -0.2) is 9.55 Å². The number of nitrogens with zero attached hydrogens (tertiary/aromatic N) is 3. The summed E-state index contributed by atoms with van der Waals surface area (Å²) in [5.41, 5.74) is 0.895. The molecule has 0 saturated heterocycles. The lowest BCUT2D eigenvalue weighted by Crippen LogP contribution is -2.37. The fraction of sp³-hybridized carbons (Fsp3) is 0.0500. The largest absolute Gasteiger partial charge is 0.268 e. The van der Waals surface area contributed by atoms with Gasteiger partial charge in [0.15, 0.2) is 18.2 Å². The lowest BCUT2D eigenvalue weighted by atomic mass is 10.2. The summed E-state index contributed by atoms with van der Waals surface area (Å²) in [5, 5.41) is 1.32. The summed E-state index contributed by atoms with van der Waals surface area (Å²) in [6, 6.07) is 18.2. The number of aromatic nitrogens is 3. The average Bonchev–Trinajstić information content (AvgIpc) is 2.65. The van der Waals surface area contributed by atoms with Crippen molar-refractivity contribution in [1.82, 2.24) is 9.55 Å². The normalized spacial score (nSPS) is 11.0. The van der Waals surface area contributed by atoms with E-state index in [-0.39, 0.29) is 5.56 Å². The Morgan fingerprint density at radius 2 is 1.58 bits per heavy atom. The first-order valence-corrected chi connectivity index (χ1v) is 8.80. The zero-order valence-electron chi connectivity index (χ0n) is 13.6. The van der Waals surface area contributed by atoms with Gasteiger partial charge >= 0.3 is 0 Å². The maximum Gasteiger partial charge on any atom is 0.266 e. The van der Waals surface area contributed by atoms with Gasteiger partial charge in [0.05, 0.1) is 26.6 Å². The molecule has 4 rings (SSSR count). The third-order valence-electron chi connectivity index (χ3n) is 4.11. The molecule has 0 radical (unpaired) electrons. The summed E-state index contributed by atoms with van der Waals surface area (Å²) < 4.78 is 3.45. The lowest BCUT2D eigenvalue weighted by Gasteiger charge is -2.14. The third kappa shape index (κ3) is 2.98. The van der Waals surface area contributed by atoms with Crippen LogP contribution in [-0.2, 0) is 6.54 Å². The summed E-state index contributed by atoms with van der Waals surface area (Å²) in [6.07, 6.45) is 3.83. The van der Waals surface area contributed by atoms with Gasteiger partial charge in [-0.25, -0.2) is 4.98 Å². The quantitative estimate of drug-likeness (QED) is 0.501. The van der Waals surface area contributed by atoms with Crippen molar-refractivity contribution in [3.8, 4) is 5.69 Å². The highest BCUT2D eigenvalue weighted by molar-refractivity contribution is 6.37. The minimum atomic E-state index is -0.197. The molecule has 0 saturated carbocycles. The maximum absolute atomic E-state index is 13.2. The highest BCUT2D eigenvalue weighted by atomic mass is 35.5. The first-order valence-electron chi connectivity index (χ1n) is 8.04. The van der Waals surface area contributed by atoms with E-state index in [2.05, 4.69) is 0 Å². The molecule has 0 bridgehead atoms. The van der Waals surface area contributed by atoms with Crippen molar-refractivity contribution in [2.45, 2.75) is 6.54 Å². The van der Waals surface area contributed by atoms with E-state index >= 15 is 0 Å². The van der Waals surface area contributed by atoms with Crippen LogP contribution in [0.3, 0.4) is 0 Å². The fourth-order valence-electron chi connectivity index (χ4n) is 2.92. The fourth-order valence-corrected chi connectivity index (χ4v) is 3.49. The van der Waals surface area contributed by atoms with Crippen LogP contribution >= 0.6 is 23.2 Å². The second kappa shape index (κ2) is 6.90. The predicted octanol–water partition coefficient (Wildman–Crippen LogP) is 4.03. The molecule has 4 aromatic rings. The SMILES string of the molecule is O=c1c2ccccc2nc(C[n+]2ccccc2)n1-c1c(Cl)cccc1Cl. The number of fused-ring (bicyclic) bond motifs is 1. The molecule has 0 aliphatic heterocycles. The van der Waals surface area contributed by atoms with Crippen LogP contribution in [0.15, 0.2) is 77.9 Å². The second-order valence-electron chi connectivity index (χ2n) is 5.80. The molecule has 26 heavy (non-hydrogen) atoms. The van der Waals surface area contributed by atoms with Gasteiger partial charge in [-0.05, 0) is 24.3 Å². The van der Waals surface area contributed by atoms with Crippen LogP contribution < -0.4 is 10.1 Å². The minimum absolute atomic E-state index is 0.197. The molecule has 0 spiro atoms. The Balaban J connectivity index is 2.05. The summed E-state index contributed by atoms with van der Waals surface area (Å²) >= 11 is 12.8. The Bertz CT molecular complexity index is 1140. The molecule has 2 aromatic heterocycles. The molecule has 2 heterocycles. The van der Waals surface area contributed by atoms with Gasteiger partial charge < -0.3 is 0 Å². The number of para-hydroxylation sites is 2. The topological polar surface area (TPSA) is 38.8 Å². The molecule has 4 nitrogen and oxygen atoms in total. The Hall–Kier alpha value is -2.69. The molecular formula is C20H14Cl2N3O+. The van der Waals surface area contributed by atoms with Gasteiger partial charge in [-0.2, -0.15) is 4.57 Å². The first kappa shape index (κ1) is 16.8. The van der Waals surface area contributed by atoms with Gasteiger partial charge in [0.25, 0.3) is 5.56 Å². The number of hydrogen-bond donors (Lipinski definition) is 0. The monoisotopic (exact) mass is 382 g/mol. The Kier molecular flexibility index (Phi) is 4.45. The highest BCUT2D eigenvalue weighted by Gasteiger charge is 2.19. The molecular weight excluding hydrogens is 369 g/mol. The van der Waals surface area contributed by atoms with Crippen molar-refractivity contribution >= 4 is 34.1 Å². The molecule has 2 aromatic carbocycles. The van der Waals surface area contributed by atoms with Crippen molar-refractivity contribution in [3.63, 3.8) is 0 Å². The molecule has 0 aliphatic carbocycles. The zero-order chi connectivity index (χ0) is 18.1. The molecule has 128 valence electrons. The van der Waals surface area contributed by atoms with Gasteiger partial charge in [-0.15, -0.1) is 0 Å². The van der Waals surface area contributed by atoms with Crippen LogP contribution in [0.5, 0.6) is 0 Å². The number of halogens is 2. The smallest absolute Gasteiger partial charge is 0.266 e.